The highest BCUT2D eigenvalue weighted by Crippen LogP contribution is 2.38. The highest BCUT2D eigenvalue weighted by atomic mass is 16.7. The van der Waals surface area contributed by atoms with E-state index in [1.807, 2.05) is 0 Å². The van der Waals surface area contributed by atoms with Crippen LogP contribution in [0.5, 0.6) is 17.2 Å². The molecule has 164 valence electrons. The smallest absolute Gasteiger partial charge is 0.338 e. The van der Waals surface area contributed by atoms with Gasteiger partial charge in [-0.3, -0.25) is 19.7 Å². The summed E-state index contributed by atoms with van der Waals surface area (Å²) in [7, 11) is 2.50. The van der Waals surface area contributed by atoms with Crippen molar-refractivity contribution in [3.8, 4) is 17.2 Å². The van der Waals surface area contributed by atoms with Gasteiger partial charge in [-0.15, -0.1) is 0 Å². The van der Waals surface area contributed by atoms with Crippen molar-refractivity contribution in [2.24, 2.45) is 0 Å². The van der Waals surface area contributed by atoms with Crippen molar-refractivity contribution in [1.82, 2.24) is 0 Å². The average molecular weight is 433 g/mol. The van der Waals surface area contributed by atoms with Gasteiger partial charge in [0.1, 0.15) is 0 Å². The van der Waals surface area contributed by atoms with E-state index < -0.39 is 34.8 Å². The summed E-state index contributed by atoms with van der Waals surface area (Å²) in [6, 6.07) is 7.79. The minimum absolute atomic E-state index is 0.0122. The number of rotatable bonds is 8. The quantitative estimate of drug-likeness (QED) is 0.263. The maximum atomic E-state index is 11.7. The fourth-order valence-corrected chi connectivity index (χ4v) is 2.49. The molecule has 0 N–H and O–H groups in total. The largest absolute Gasteiger partial charge is 0.493 e. The summed E-state index contributed by atoms with van der Waals surface area (Å²) >= 11 is 0. The van der Waals surface area contributed by atoms with Gasteiger partial charge in [0, 0.05) is 25.5 Å². The number of carbonyl (C=O) groups is 3. The number of methoxy groups -OCH3 is 2. The average Bonchev–Trinajstić information content (AvgIpc) is 2.72. The van der Waals surface area contributed by atoms with Crippen LogP contribution in [-0.4, -0.2) is 37.1 Å². The van der Waals surface area contributed by atoms with Crippen LogP contribution < -0.4 is 9.47 Å². The fourth-order valence-electron chi connectivity index (χ4n) is 2.49. The normalized spacial score (nSPS) is 10.2. The molecule has 0 atom stereocenters. The summed E-state index contributed by atoms with van der Waals surface area (Å²) in [5, 5.41) is 11.5. The lowest BCUT2D eigenvalue weighted by Gasteiger charge is -2.19. The molecular formula is C20H19NO10. The first kappa shape index (κ1) is 23.1. The molecule has 0 saturated carbocycles. The van der Waals surface area contributed by atoms with Gasteiger partial charge in [-0.05, 0) is 30.3 Å². The fraction of sp³-hybridized carbons (Fsp3) is 0.250. The van der Waals surface area contributed by atoms with Crippen molar-refractivity contribution < 1.29 is 43.0 Å². The monoisotopic (exact) mass is 433 g/mol. The molecule has 0 aliphatic carbocycles. The molecule has 2 aromatic carbocycles. The molecule has 0 saturated heterocycles. The van der Waals surface area contributed by atoms with Crippen LogP contribution in [-0.2, 0) is 23.8 Å². The molecule has 31 heavy (non-hydrogen) atoms. The molecule has 0 amide bonds. The Bertz CT molecular complexity index is 1000. The second-order valence-corrected chi connectivity index (χ2v) is 5.99. The zero-order chi connectivity index (χ0) is 23.1. The first-order chi connectivity index (χ1) is 14.7. The third-order valence-corrected chi connectivity index (χ3v) is 3.80. The molecule has 0 unspecified atom stereocenters. The first-order valence-corrected chi connectivity index (χ1v) is 8.73. The first-order valence-electron chi connectivity index (χ1n) is 8.73. The molecule has 0 heterocycles. The lowest BCUT2D eigenvalue weighted by atomic mass is 10.1. The van der Waals surface area contributed by atoms with E-state index in [2.05, 4.69) is 4.74 Å². The maximum Gasteiger partial charge on any atom is 0.338 e. The van der Waals surface area contributed by atoms with Gasteiger partial charge in [-0.25, -0.2) is 4.79 Å². The van der Waals surface area contributed by atoms with Crippen molar-refractivity contribution in [1.29, 1.82) is 0 Å². The Kier molecular flexibility index (Phi) is 7.50. The van der Waals surface area contributed by atoms with E-state index in [4.69, 9.17) is 18.9 Å². The zero-order valence-corrected chi connectivity index (χ0v) is 17.1. The number of ether oxygens (including phenoxy) is 5. The molecule has 0 aliphatic heterocycles. The molecule has 2 rings (SSSR count). The van der Waals surface area contributed by atoms with Gasteiger partial charge in [0.25, 0.3) is 6.29 Å². The van der Waals surface area contributed by atoms with E-state index in [0.717, 1.165) is 27.0 Å². The second-order valence-electron chi connectivity index (χ2n) is 5.99. The number of nitro groups is 1. The van der Waals surface area contributed by atoms with Gasteiger partial charge in [0.2, 0.25) is 5.75 Å². The Morgan fingerprint density at radius 1 is 0.903 bits per heavy atom. The van der Waals surface area contributed by atoms with Crippen LogP contribution in [0.25, 0.3) is 0 Å². The van der Waals surface area contributed by atoms with Crippen molar-refractivity contribution in [2.75, 3.05) is 14.2 Å². The third kappa shape index (κ3) is 5.92. The van der Waals surface area contributed by atoms with Gasteiger partial charge in [0.05, 0.1) is 24.7 Å². The lowest BCUT2D eigenvalue weighted by Crippen LogP contribution is -2.15. The van der Waals surface area contributed by atoms with Crippen molar-refractivity contribution >= 4 is 23.6 Å². The van der Waals surface area contributed by atoms with Gasteiger partial charge in [-0.2, -0.15) is 0 Å². The van der Waals surface area contributed by atoms with Crippen LogP contribution in [0.15, 0.2) is 36.4 Å². The van der Waals surface area contributed by atoms with Crippen molar-refractivity contribution in [3.63, 3.8) is 0 Å². The minimum atomic E-state index is -1.36. The van der Waals surface area contributed by atoms with Gasteiger partial charge in [0.15, 0.2) is 11.5 Å². The van der Waals surface area contributed by atoms with Crippen LogP contribution in [0.3, 0.4) is 0 Å². The molecule has 11 nitrogen and oxygen atoms in total. The molecule has 0 fully saturated rings. The number of carbonyl (C=O) groups excluding carboxylic acids is 3. The molecule has 2 aromatic rings. The van der Waals surface area contributed by atoms with Crippen LogP contribution in [0.2, 0.25) is 0 Å². The van der Waals surface area contributed by atoms with E-state index in [1.54, 1.807) is 0 Å². The number of benzene rings is 2. The number of hydrogen-bond acceptors (Lipinski definition) is 10. The van der Waals surface area contributed by atoms with Crippen molar-refractivity contribution in [2.45, 2.75) is 20.1 Å². The Hall–Kier alpha value is -4.15. The molecule has 0 aromatic heterocycles. The van der Waals surface area contributed by atoms with Crippen LogP contribution in [0.4, 0.5) is 5.69 Å². The summed E-state index contributed by atoms with van der Waals surface area (Å²) in [6.45, 7) is 2.29. The van der Waals surface area contributed by atoms with E-state index in [9.17, 15) is 24.5 Å². The Morgan fingerprint density at radius 3 is 2.03 bits per heavy atom. The molecule has 0 aliphatic rings. The minimum Gasteiger partial charge on any atom is -0.493 e. The standard InChI is InChI=1S/C20H19NO10/c1-11(22)29-20(30-12(2)23)14-6-8-17(27-3)18(10-14)31-16-7-5-13(19(24)28-4)9-15(16)21(25)26/h5-10,20H,1-4H3. The van der Waals surface area contributed by atoms with E-state index in [-0.39, 0.29) is 28.4 Å². The number of esters is 3. The maximum absolute atomic E-state index is 11.7. The molecule has 11 heteroatoms. The van der Waals surface area contributed by atoms with E-state index in [0.29, 0.717) is 0 Å². The Balaban J connectivity index is 2.49. The summed E-state index contributed by atoms with van der Waals surface area (Å²) in [5.74, 6) is -2.13. The number of nitrogens with zero attached hydrogens (tertiary/aromatic N) is 1. The van der Waals surface area contributed by atoms with Crippen LogP contribution >= 0.6 is 0 Å². The third-order valence-electron chi connectivity index (χ3n) is 3.80. The molecule has 0 radical (unpaired) electrons. The van der Waals surface area contributed by atoms with Crippen LogP contribution in [0, 0.1) is 10.1 Å². The van der Waals surface area contributed by atoms with Gasteiger partial charge < -0.3 is 23.7 Å². The summed E-state index contributed by atoms with van der Waals surface area (Å²) in [5.41, 5.74) is -0.311. The Labute approximate surface area is 176 Å². The van der Waals surface area contributed by atoms with E-state index in [1.165, 1.54) is 37.4 Å². The summed E-state index contributed by atoms with van der Waals surface area (Å²) in [6.07, 6.45) is -1.36. The Morgan fingerprint density at radius 2 is 1.52 bits per heavy atom. The highest BCUT2D eigenvalue weighted by Gasteiger charge is 2.24. The van der Waals surface area contributed by atoms with Gasteiger partial charge in [-0.1, -0.05) is 0 Å². The van der Waals surface area contributed by atoms with E-state index >= 15 is 0 Å². The number of hydrogen-bond donors (Lipinski definition) is 0. The predicted molar refractivity (Wildman–Crippen MR) is 104 cm³/mol. The topological polar surface area (TPSA) is 140 Å². The second kappa shape index (κ2) is 10.1. The highest BCUT2D eigenvalue weighted by molar-refractivity contribution is 5.90. The summed E-state index contributed by atoms with van der Waals surface area (Å²) in [4.78, 5) is 45.1. The SMILES string of the molecule is COC(=O)c1ccc(Oc2cc(C(OC(C)=O)OC(C)=O)ccc2OC)c([N+](=O)[O-])c1. The zero-order valence-electron chi connectivity index (χ0n) is 17.1. The summed E-state index contributed by atoms with van der Waals surface area (Å²) < 4.78 is 25.4. The molecular weight excluding hydrogens is 414 g/mol. The molecule has 0 bridgehead atoms. The van der Waals surface area contributed by atoms with Crippen molar-refractivity contribution in [3.05, 3.63) is 57.6 Å². The predicted octanol–water partition coefficient (Wildman–Crippen LogP) is 3.31. The number of nitro benzene ring substituents is 1. The lowest BCUT2D eigenvalue weighted by molar-refractivity contribution is -0.385. The van der Waals surface area contributed by atoms with Crippen LogP contribution in [0.1, 0.15) is 36.1 Å². The molecule has 0 spiro atoms. The van der Waals surface area contributed by atoms with Gasteiger partial charge >= 0.3 is 23.6 Å².